The van der Waals surface area contributed by atoms with Gasteiger partial charge in [0.15, 0.2) is 0 Å². The Hall–Kier alpha value is -3.19. The van der Waals surface area contributed by atoms with Crippen LogP contribution in [-0.2, 0) is 11.3 Å². The van der Waals surface area contributed by atoms with Crippen molar-refractivity contribution in [1.82, 2.24) is 19.9 Å². The summed E-state index contributed by atoms with van der Waals surface area (Å²) in [6.45, 7) is 5.50. The predicted molar refractivity (Wildman–Crippen MR) is 104 cm³/mol. The van der Waals surface area contributed by atoms with Crippen molar-refractivity contribution in [2.24, 2.45) is 0 Å². The third kappa shape index (κ3) is 4.37. The maximum Gasteiger partial charge on any atom is 0.246 e. The van der Waals surface area contributed by atoms with Gasteiger partial charge in [0.1, 0.15) is 5.76 Å². The molecule has 28 heavy (non-hydrogen) atoms. The highest BCUT2D eigenvalue weighted by Gasteiger charge is 2.21. The molecule has 0 atom stereocenters. The fraction of sp³-hybridized carbons (Fsp3) is 0.286. The van der Waals surface area contributed by atoms with E-state index in [1.54, 1.807) is 24.5 Å². The highest BCUT2D eigenvalue weighted by Crippen LogP contribution is 2.17. The fourth-order valence-corrected chi connectivity index (χ4v) is 3.10. The summed E-state index contributed by atoms with van der Waals surface area (Å²) in [5.74, 6) is 1.86. The molecule has 0 aliphatic carbocycles. The lowest BCUT2D eigenvalue weighted by molar-refractivity contribution is -0.127. The van der Waals surface area contributed by atoms with E-state index in [9.17, 15) is 4.79 Å². The maximum absolute atomic E-state index is 12.3. The summed E-state index contributed by atoms with van der Waals surface area (Å²) in [6.07, 6.45) is 4.84. The number of furan rings is 1. The predicted octanol–water partition coefficient (Wildman–Crippen LogP) is 3.00. The van der Waals surface area contributed by atoms with Gasteiger partial charge < -0.3 is 13.8 Å². The molecule has 0 saturated carbocycles. The van der Waals surface area contributed by atoms with E-state index in [-0.39, 0.29) is 5.91 Å². The maximum atomic E-state index is 12.3. The van der Waals surface area contributed by atoms with Gasteiger partial charge in [0.2, 0.25) is 17.6 Å². The first kappa shape index (κ1) is 18.2. The molecule has 0 bridgehead atoms. The van der Waals surface area contributed by atoms with Gasteiger partial charge in [0, 0.05) is 37.8 Å². The third-order valence-electron chi connectivity index (χ3n) is 4.75. The summed E-state index contributed by atoms with van der Waals surface area (Å²) in [6, 6.07) is 11.7. The molecule has 7 nitrogen and oxygen atoms in total. The number of carbonyl (C=O) groups is 1. The largest absolute Gasteiger partial charge is 0.465 e. The minimum absolute atomic E-state index is 0.00417. The second-order valence-corrected chi connectivity index (χ2v) is 6.83. The highest BCUT2D eigenvalue weighted by molar-refractivity contribution is 5.91. The molecule has 1 fully saturated rings. The van der Waals surface area contributed by atoms with Gasteiger partial charge in [-0.2, -0.15) is 4.98 Å². The standard InChI is InChI=1S/C21H22N4O3/c1-16-4-6-17(7-5-16)21-22-19(28-23-21)15-24-10-12-25(13-11-24)20(26)9-8-18-3-2-14-27-18/h2-9,14H,10-13,15H2,1H3/b9-8+. The van der Waals surface area contributed by atoms with E-state index in [4.69, 9.17) is 8.94 Å². The van der Waals surface area contributed by atoms with Crippen molar-refractivity contribution in [3.05, 3.63) is 66.0 Å². The second-order valence-electron chi connectivity index (χ2n) is 6.83. The Bertz CT molecular complexity index is 936. The van der Waals surface area contributed by atoms with Crippen molar-refractivity contribution in [3.63, 3.8) is 0 Å². The minimum Gasteiger partial charge on any atom is -0.465 e. The first-order valence-electron chi connectivity index (χ1n) is 9.30. The van der Waals surface area contributed by atoms with Crippen LogP contribution in [0.3, 0.4) is 0 Å². The zero-order chi connectivity index (χ0) is 19.3. The van der Waals surface area contributed by atoms with Gasteiger partial charge in [0.25, 0.3) is 0 Å². The molecule has 0 unspecified atom stereocenters. The van der Waals surface area contributed by atoms with Crippen LogP contribution in [0.4, 0.5) is 0 Å². The van der Waals surface area contributed by atoms with Gasteiger partial charge in [-0.3, -0.25) is 9.69 Å². The van der Waals surface area contributed by atoms with E-state index in [1.165, 1.54) is 5.56 Å². The van der Waals surface area contributed by atoms with Gasteiger partial charge in [0.05, 0.1) is 12.8 Å². The smallest absolute Gasteiger partial charge is 0.246 e. The van der Waals surface area contributed by atoms with Crippen LogP contribution in [-0.4, -0.2) is 52.0 Å². The molecule has 0 N–H and O–H groups in total. The number of aromatic nitrogens is 2. The number of amides is 1. The van der Waals surface area contributed by atoms with E-state index in [0.29, 0.717) is 37.1 Å². The molecule has 4 rings (SSSR count). The first-order valence-corrected chi connectivity index (χ1v) is 9.30. The Morgan fingerprint density at radius 1 is 1.14 bits per heavy atom. The van der Waals surface area contributed by atoms with Gasteiger partial charge in [-0.1, -0.05) is 35.0 Å². The molecular weight excluding hydrogens is 356 g/mol. The molecular formula is C21H22N4O3. The van der Waals surface area contributed by atoms with Crippen LogP contribution in [0.15, 0.2) is 57.7 Å². The van der Waals surface area contributed by atoms with E-state index < -0.39 is 0 Å². The van der Waals surface area contributed by atoms with Crippen LogP contribution in [0.1, 0.15) is 17.2 Å². The number of aryl methyl sites for hydroxylation is 1. The lowest BCUT2D eigenvalue weighted by Gasteiger charge is -2.33. The molecule has 3 heterocycles. The molecule has 1 amide bonds. The average Bonchev–Trinajstić information content (AvgIpc) is 3.39. The van der Waals surface area contributed by atoms with E-state index in [2.05, 4.69) is 15.0 Å². The summed E-state index contributed by atoms with van der Waals surface area (Å²) in [5.41, 5.74) is 2.14. The molecule has 3 aromatic rings. The topological polar surface area (TPSA) is 75.6 Å². The third-order valence-corrected chi connectivity index (χ3v) is 4.75. The summed E-state index contributed by atoms with van der Waals surface area (Å²) >= 11 is 0. The Labute approximate surface area is 163 Å². The summed E-state index contributed by atoms with van der Waals surface area (Å²) in [4.78, 5) is 20.8. The second kappa shape index (κ2) is 8.22. The number of rotatable bonds is 5. The fourth-order valence-electron chi connectivity index (χ4n) is 3.10. The Morgan fingerprint density at radius 3 is 2.64 bits per heavy atom. The van der Waals surface area contributed by atoms with Crippen molar-refractivity contribution >= 4 is 12.0 Å². The van der Waals surface area contributed by atoms with Crippen LogP contribution in [0.25, 0.3) is 17.5 Å². The molecule has 1 aromatic carbocycles. The molecule has 0 radical (unpaired) electrons. The molecule has 144 valence electrons. The van der Waals surface area contributed by atoms with Crippen molar-refractivity contribution in [2.75, 3.05) is 26.2 Å². The van der Waals surface area contributed by atoms with Crippen LogP contribution in [0.2, 0.25) is 0 Å². The molecule has 0 spiro atoms. The van der Waals surface area contributed by atoms with E-state index >= 15 is 0 Å². The summed E-state index contributed by atoms with van der Waals surface area (Å²) in [7, 11) is 0. The quantitative estimate of drug-likeness (QED) is 0.636. The number of hydrogen-bond acceptors (Lipinski definition) is 6. The first-order chi connectivity index (χ1) is 13.7. The van der Waals surface area contributed by atoms with Gasteiger partial charge in [-0.25, -0.2) is 0 Å². The summed E-state index contributed by atoms with van der Waals surface area (Å²) < 4.78 is 10.6. The number of benzene rings is 1. The highest BCUT2D eigenvalue weighted by atomic mass is 16.5. The average molecular weight is 378 g/mol. The van der Waals surface area contributed by atoms with Gasteiger partial charge in [-0.15, -0.1) is 0 Å². The van der Waals surface area contributed by atoms with Crippen LogP contribution in [0, 0.1) is 6.92 Å². The lowest BCUT2D eigenvalue weighted by Crippen LogP contribution is -2.47. The normalized spacial score (nSPS) is 15.4. The van der Waals surface area contributed by atoms with Gasteiger partial charge in [-0.05, 0) is 25.1 Å². The number of nitrogens with zero attached hydrogens (tertiary/aromatic N) is 4. The number of carbonyl (C=O) groups excluding carboxylic acids is 1. The lowest BCUT2D eigenvalue weighted by atomic mass is 10.1. The van der Waals surface area contributed by atoms with Gasteiger partial charge >= 0.3 is 0 Å². The SMILES string of the molecule is Cc1ccc(-c2noc(CN3CCN(C(=O)/C=C/c4ccco4)CC3)n2)cc1. The number of hydrogen-bond donors (Lipinski definition) is 0. The Kier molecular flexibility index (Phi) is 5.34. The van der Waals surface area contributed by atoms with Crippen molar-refractivity contribution in [3.8, 4) is 11.4 Å². The van der Waals surface area contributed by atoms with E-state index in [0.717, 1.165) is 18.7 Å². The van der Waals surface area contributed by atoms with E-state index in [1.807, 2.05) is 42.2 Å². The van der Waals surface area contributed by atoms with Crippen molar-refractivity contribution < 1.29 is 13.7 Å². The molecule has 7 heteroatoms. The van der Waals surface area contributed by atoms with Crippen LogP contribution < -0.4 is 0 Å². The summed E-state index contributed by atoms with van der Waals surface area (Å²) in [5, 5.41) is 4.08. The molecule has 1 aliphatic rings. The number of piperazine rings is 1. The monoisotopic (exact) mass is 378 g/mol. The molecule has 1 saturated heterocycles. The molecule has 2 aromatic heterocycles. The van der Waals surface area contributed by atoms with Crippen molar-refractivity contribution in [2.45, 2.75) is 13.5 Å². The molecule has 1 aliphatic heterocycles. The Morgan fingerprint density at radius 2 is 1.93 bits per heavy atom. The minimum atomic E-state index is -0.00417. The van der Waals surface area contributed by atoms with Crippen LogP contribution in [0.5, 0.6) is 0 Å². The zero-order valence-corrected chi connectivity index (χ0v) is 15.7. The van der Waals surface area contributed by atoms with Crippen LogP contribution >= 0.6 is 0 Å². The van der Waals surface area contributed by atoms with Crippen molar-refractivity contribution in [1.29, 1.82) is 0 Å². The Balaban J connectivity index is 1.29. The zero-order valence-electron chi connectivity index (χ0n) is 15.7.